The first-order valence-electron chi connectivity index (χ1n) is 15.9. The molecule has 5 heteroatoms. The summed E-state index contributed by atoms with van der Waals surface area (Å²) in [6.45, 7) is 19.6. The first-order chi connectivity index (χ1) is 18.6. The van der Waals surface area contributed by atoms with Crippen molar-refractivity contribution in [3.63, 3.8) is 0 Å². The van der Waals surface area contributed by atoms with Gasteiger partial charge in [-0.15, -0.1) is 0 Å². The molecule has 0 saturated heterocycles. The minimum Gasteiger partial charge on any atom is -0.469 e. The summed E-state index contributed by atoms with van der Waals surface area (Å²) >= 11 is 0. The molecular weight excluding hydrogens is 494 g/mol. The molecule has 0 radical (unpaired) electrons. The number of rotatable bonds is 2. The lowest BCUT2D eigenvalue weighted by molar-refractivity contribution is -0.180. The molecule has 3 fully saturated rings. The zero-order chi connectivity index (χ0) is 29.1. The highest BCUT2D eigenvalue weighted by atomic mass is 16.5. The molecule has 1 aromatic heterocycles. The van der Waals surface area contributed by atoms with Gasteiger partial charge in [-0.1, -0.05) is 66.2 Å². The molecule has 1 unspecified atom stereocenters. The van der Waals surface area contributed by atoms with Crippen LogP contribution in [0.3, 0.4) is 0 Å². The summed E-state index contributed by atoms with van der Waals surface area (Å²) in [4.78, 5) is 13.7. The molecule has 0 aliphatic heterocycles. The van der Waals surface area contributed by atoms with Crippen molar-refractivity contribution in [1.82, 2.24) is 10.2 Å². The normalized spacial score (nSPS) is 43.3. The van der Waals surface area contributed by atoms with E-state index in [2.05, 4.69) is 77.7 Å². The molecule has 7 atom stereocenters. The molecule has 3 N–H and O–H groups in total. The standard InChI is InChI=1S/C35H53N3O2/c1-10-11-21-18-25-32(6)19-22-27(37-38-28(22)36)31(4,5)24(32)12-13-33(25,7)34(8)15-17-35(29(39)40-9)16-14-30(2,3)20-23(35)26(21)34/h10-11,23-25H,12-20H2,1-9H3,(H3,36,37,38)/t23-,24-,25?,32-,33+,34+,35-/m0/s1. The smallest absolute Gasteiger partial charge is 0.312 e. The van der Waals surface area contributed by atoms with Crippen molar-refractivity contribution in [2.24, 2.45) is 44.8 Å². The number of nitrogens with two attached hydrogens (primary N) is 1. The number of nitrogen functional groups attached to an aromatic ring is 1. The average molecular weight is 548 g/mol. The molecule has 0 aromatic carbocycles. The van der Waals surface area contributed by atoms with E-state index in [0.29, 0.717) is 17.7 Å². The van der Waals surface area contributed by atoms with Gasteiger partial charge in [0.15, 0.2) is 0 Å². The molecule has 6 rings (SSSR count). The number of hydrogen-bond donors (Lipinski definition) is 2. The largest absolute Gasteiger partial charge is 0.469 e. The molecule has 3 saturated carbocycles. The van der Waals surface area contributed by atoms with E-state index in [1.54, 1.807) is 12.7 Å². The van der Waals surface area contributed by atoms with E-state index in [-0.39, 0.29) is 44.4 Å². The highest BCUT2D eigenvalue weighted by Crippen LogP contribution is 2.76. The van der Waals surface area contributed by atoms with Crippen molar-refractivity contribution in [1.29, 1.82) is 0 Å². The average Bonchev–Trinajstić information content (AvgIpc) is 3.25. The summed E-state index contributed by atoms with van der Waals surface area (Å²) < 4.78 is 5.60. The van der Waals surface area contributed by atoms with Gasteiger partial charge >= 0.3 is 5.97 Å². The number of carbonyl (C=O) groups excluding carboxylic acids is 1. The molecular formula is C35H53N3O2. The van der Waals surface area contributed by atoms with Gasteiger partial charge in [-0.05, 0) is 110 Å². The number of hydrogen-bond acceptors (Lipinski definition) is 4. The second-order valence-corrected chi connectivity index (χ2v) is 16.5. The molecule has 1 aromatic rings. The zero-order valence-electron chi connectivity index (χ0n) is 26.6. The number of H-pyrrole nitrogens is 1. The quantitative estimate of drug-likeness (QED) is 0.368. The Morgan fingerprint density at radius 3 is 2.40 bits per heavy atom. The number of ether oxygens (including phenoxy) is 1. The minimum absolute atomic E-state index is 0.0000643. The van der Waals surface area contributed by atoms with Gasteiger partial charge in [-0.3, -0.25) is 9.89 Å². The minimum atomic E-state index is -0.386. The number of fused-ring (bicyclic) bond motifs is 8. The molecule has 0 spiro atoms. The number of carbonyl (C=O) groups is 1. The van der Waals surface area contributed by atoms with Crippen LogP contribution >= 0.6 is 0 Å². The fourth-order valence-electron chi connectivity index (χ4n) is 11.8. The van der Waals surface area contributed by atoms with Crippen molar-refractivity contribution >= 4 is 11.8 Å². The number of anilines is 1. The van der Waals surface area contributed by atoms with Gasteiger partial charge in [-0.25, -0.2) is 0 Å². The van der Waals surface area contributed by atoms with Crippen LogP contribution in [0.4, 0.5) is 5.82 Å². The highest BCUT2D eigenvalue weighted by Gasteiger charge is 2.70. The van der Waals surface area contributed by atoms with Crippen molar-refractivity contribution in [3.05, 3.63) is 34.6 Å². The summed E-state index contributed by atoms with van der Waals surface area (Å²) in [6, 6.07) is 0. The summed E-state index contributed by atoms with van der Waals surface area (Å²) in [5, 5.41) is 7.86. The monoisotopic (exact) mass is 547 g/mol. The molecule has 40 heavy (non-hydrogen) atoms. The molecule has 1 heterocycles. The number of esters is 1. The van der Waals surface area contributed by atoms with Gasteiger partial charge in [0.05, 0.1) is 12.5 Å². The van der Waals surface area contributed by atoms with Gasteiger partial charge in [-0.2, -0.15) is 5.10 Å². The zero-order valence-corrected chi connectivity index (χ0v) is 26.6. The Morgan fingerprint density at radius 2 is 1.73 bits per heavy atom. The number of allylic oxidation sites excluding steroid dienone is 4. The first kappa shape index (κ1) is 28.1. The fourth-order valence-corrected chi connectivity index (χ4v) is 11.8. The maximum Gasteiger partial charge on any atom is 0.312 e. The predicted octanol–water partition coefficient (Wildman–Crippen LogP) is 7.93. The topological polar surface area (TPSA) is 81.0 Å². The lowest BCUT2D eigenvalue weighted by Crippen LogP contribution is -2.65. The van der Waals surface area contributed by atoms with Crippen LogP contribution in [0.15, 0.2) is 23.3 Å². The first-order valence-corrected chi connectivity index (χ1v) is 15.9. The fraction of sp³-hybridized carbons (Fsp3) is 0.771. The van der Waals surface area contributed by atoms with Crippen LogP contribution in [0.1, 0.15) is 118 Å². The third kappa shape index (κ3) is 3.33. The lowest BCUT2D eigenvalue weighted by Gasteiger charge is -2.71. The molecule has 5 aliphatic rings. The van der Waals surface area contributed by atoms with Gasteiger partial charge in [0.2, 0.25) is 0 Å². The van der Waals surface area contributed by atoms with Crippen molar-refractivity contribution < 1.29 is 9.53 Å². The van der Waals surface area contributed by atoms with E-state index in [4.69, 9.17) is 10.5 Å². The Balaban J connectivity index is 1.56. The summed E-state index contributed by atoms with van der Waals surface area (Å²) in [7, 11) is 1.60. The Labute approximate surface area is 242 Å². The molecule has 0 amide bonds. The molecule has 5 nitrogen and oxygen atoms in total. The number of methoxy groups -OCH3 is 1. The lowest BCUT2D eigenvalue weighted by atomic mass is 9.33. The van der Waals surface area contributed by atoms with Crippen LogP contribution in [0, 0.1) is 44.8 Å². The SMILES string of the molecule is CC=CC1=C2[C@@H]3CC(C)(C)CC[C@]3(C(=O)OC)CC[C@@]2(C)[C@]2(C)CC[C@H]3C(C)(C)c4[nH]nc(N)c4C[C@]3(C)C2C1. The van der Waals surface area contributed by atoms with Crippen LogP contribution in [0.2, 0.25) is 0 Å². The van der Waals surface area contributed by atoms with Crippen molar-refractivity contribution in [3.8, 4) is 0 Å². The van der Waals surface area contributed by atoms with Crippen LogP contribution < -0.4 is 5.73 Å². The Morgan fingerprint density at radius 1 is 1.02 bits per heavy atom. The summed E-state index contributed by atoms with van der Waals surface area (Å²) in [5.41, 5.74) is 12.3. The third-order valence-electron chi connectivity index (χ3n) is 14.0. The van der Waals surface area contributed by atoms with Crippen LogP contribution in [0.25, 0.3) is 0 Å². The summed E-state index contributed by atoms with van der Waals surface area (Å²) in [6.07, 6.45) is 14.3. The molecule has 220 valence electrons. The van der Waals surface area contributed by atoms with E-state index in [1.165, 1.54) is 29.7 Å². The maximum absolute atomic E-state index is 13.7. The second-order valence-electron chi connectivity index (χ2n) is 16.5. The number of aromatic nitrogens is 2. The van der Waals surface area contributed by atoms with E-state index < -0.39 is 0 Å². The molecule has 0 bridgehead atoms. The van der Waals surface area contributed by atoms with Crippen LogP contribution in [-0.2, 0) is 21.4 Å². The number of nitrogens with zero attached hydrogens (tertiary/aromatic N) is 1. The molecule has 5 aliphatic carbocycles. The van der Waals surface area contributed by atoms with Gasteiger partial charge in [0.25, 0.3) is 0 Å². The Hall–Kier alpha value is -2.04. The maximum atomic E-state index is 13.7. The second kappa shape index (κ2) is 8.51. The van der Waals surface area contributed by atoms with E-state index in [1.807, 2.05) is 0 Å². The highest BCUT2D eigenvalue weighted by molar-refractivity contribution is 5.79. The van der Waals surface area contributed by atoms with Crippen LogP contribution in [0.5, 0.6) is 0 Å². The van der Waals surface area contributed by atoms with E-state index in [9.17, 15) is 4.79 Å². The van der Waals surface area contributed by atoms with Gasteiger partial charge in [0.1, 0.15) is 5.82 Å². The number of aromatic amines is 1. The van der Waals surface area contributed by atoms with Gasteiger partial charge in [0, 0.05) is 16.7 Å². The Bertz CT molecular complexity index is 1300. The predicted molar refractivity (Wildman–Crippen MR) is 162 cm³/mol. The summed E-state index contributed by atoms with van der Waals surface area (Å²) in [5.74, 6) is 2.06. The van der Waals surface area contributed by atoms with E-state index in [0.717, 1.165) is 44.9 Å². The van der Waals surface area contributed by atoms with Crippen molar-refractivity contribution in [2.45, 2.75) is 119 Å². The van der Waals surface area contributed by atoms with Crippen molar-refractivity contribution in [2.75, 3.05) is 12.8 Å². The Kier molecular flexibility index (Phi) is 5.97. The van der Waals surface area contributed by atoms with Crippen LogP contribution in [-0.4, -0.2) is 23.3 Å². The van der Waals surface area contributed by atoms with E-state index >= 15 is 0 Å². The number of nitrogens with one attached hydrogen (secondary N) is 1. The van der Waals surface area contributed by atoms with Gasteiger partial charge < -0.3 is 10.5 Å². The third-order valence-corrected chi connectivity index (χ3v) is 14.0.